The number of hydrogen-bond acceptors (Lipinski definition) is 3. The molecular weight excluding hydrogens is 210 g/mol. The van der Waals surface area contributed by atoms with Crippen LogP contribution in [0.3, 0.4) is 0 Å². The summed E-state index contributed by atoms with van der Waals surface area (Å²) in [5.74, 6) is 0.460. The van der Waals surface area contributed by atoms with E-state index < -0.39 is 0 Å². The number of nitrogens with zero attached hydrogens (tertiary/aromatic N) is 3. The van der Waals surface area contributed by atoms with Crippen LogP contribution >= 0.6 is 0 Å². The Morgan fingerprint density at radius 2 is 2.00 bits per heavy atom. The lowest BCUT2D eigenvalue weighted by atomic mass is 10.1. The van der Waals surface area contributed by atoms with Gasteiger partial charge in [-0.25, -0.2) is 0 Å². The van der Waals surface area contributed by atoms with E-state index in [1.807, 2.05) is 20.1 Å². The lowest BCUT2D eigenvalue weighted by molar-refractivity contribution is 0.754. The second kappa shape index (κ2) is 8.62. The van der Waals surface area contributed by atoms with E-state index in [4.69, 9.17) is 0 Å². The van der Waals surface area contributed by atoms with Crippen molar-refractivity contribution in [1.29, 1.82) is 0 Å². The molecule has 1 unspecified atom stereocenters. The average molecular weight is 233 g/mol. The van der Waals surface area contributed by atoms with E-state index in [9.17, 15) is 0 Å². The molecule has 0 aliphatic rings. The van der Waals surface area contributed by atoms with Gasteiger partial charge in [0.1, 0.15) is 0 Å². The molecule has 0 aromatic heterocycles. The molecule has 0 spiro atoms. The third kappa shape index (κ3) is 5.95. The van der Waals surface area contributed by atoms with Crippen LogP contribution in [-0.4, -0.2) is 25.7 Å². The lowest BCUT2D eigenvalue weighted by Gasteiger charge is -2.05. The Morgan fingerprint density at radius 1 is 1.35 bits per heavy atom. The van der Waals surface area contributed by atoms with E-state index in [0.29, 0.717) is 11.6 Å². The van der Waals surface area contributed by atoms with Gasteiger partial charge in [-0.15, -0.1) is 0 Å². The van der Waals surface area contributed by atoms with E-state index in [0.717, 1.165) is 17.7 Å². The quantitative estimate of drug-likeness (QED) is 0.496. The van der Waals surface area contributed by atoms with E-state index in [1.54, 1.807) is 19.5 Å². The monoisotopic (exact) mass is 233 g/mol. The summed E-state index contributed by atoms with van der Waals surface area (Å²) in [7, 11) is 1.73. The molecule has 0 aromatic rings. The Morgan fingerprint density at radius 3 is 2.47 bits per heavy atom. The van der Waals surface area contributed by atoms with Gasteiger partial charge in [-0.1, -0.05) is 20.4 Å². The normalized spacial score (nSPS) is 15.8. The third-order valence-electron chi connectivity index (χ3n) is 2.41. The molecule has 0 saturated carbocycles. The molecule has 0 N–H and O–H groups in total. The highest BCUT2D eigenvalue weighted by molar-refractivity contribution is 5.86. The van der Waals surface area contributed by atoms with Gasteiger partial charge in [-0.05, 0) is 26.2 Å². The highest BCUT2D eigenvalue weighted by Gasteiger charge is 2.03. The maximum atomic E-state index is 4.37. The molecule has 0 aliphatic carbocycles. The fraction of sp³-hybridized carbons (Fsp3) is 0.500. The first kappa shape index (κ1) is 15.5. The van der Waals surface area contributed by atoms with Crippen molar-refractivity contribution in [1.82, 2.24) is 0 Å². The van der Waals surface area contributed by atoms with Crippen LogP contribution in [0.5, 0.6) is 0 Å². The Bertz CT molecular complexity index is 360. The minimum absolute atomic E-state index is 0.460. The van der Waals surface area contributed by atoms with Crippen molar-refractivity contribution in [2.75, 3.05) is 7.05 Å². The van der Waals surface area contributed by atoms with Gasteiger partial charge < -0.3 is 0 Å². The highest BCUT2D eigenvalue weighted by Crippen LogP contribution is 2.14. The molecule has 0 radical (unpaired) electrons. The Balaban J connectivity index is 5.04. The van der Waals surface area contributed by atoms with E-state index in [-0.39, 0.29) is 0 Å². The largest absolute Gasteiger partial charge is 0.296 e. The van der Waals surface area contributed by atoms with Crippen molar-refractivity contribution in [3.05, 3.63) is 23.5 Å². The minimum atomic E-state index is 0.460. The molecule has 3 nitrogen and oxygen atoms in total. The molecule has 1 atom stereocenters. The maximum Gasteiger partial charge on any atom is 0.0660 e. The molecule has 0 fully saturated rings. The van der Waals surface area contributed by atoms with Crippen LogP contribution in [0.2, 0.25) is 0 Å². The number of aliphatic imine (C=N–C) groups is 3. The summed E-state index contributed by atoms with van der Waals surface area (Å²) in [6.45, 7) is 12.0. The first-order chi connectivity index (χ1) is 8.06. The van der Waals surface area contributed by atoms with Crippen LogP contribution in [-0.2, 0) is 0 Å². The van der Waals surface area contributed by atoms with Gasteiger partial charge in [-0.2, -0.15) is 0 Å². The van der Waals surface area contributed by atoms with Crippen molar-refractivity contribution < 1.29 is 0 Å². The summed E-state index contributed by atoms with van der Waals surface area (Å²) in [5.41, 5.74) is 2.47. The lowest BCUT2D eigenvalue weighted by Crippen LogP contribution is -1.96. The van der Waals surface area contributed by atoms with E-state index >= 15 is 0 Å². The van der Waals surface area contributed by atoms with Gasteiger partial charge >= 0.3 is 0 Å². The molecule has 0 aromatic carbocycles. The molecule has 17 heavy (non-hydrogen) atoms. The molecule has 0 bridgehead atoms. The molecule has 0 heterocycles. The van der Waals surface area contributed by atoms with Crippen molar-refractivity contribution in [3.63, 3.8) is 0 Å². The first-order valence-electron chi connectivity index (χ1n) is 5.91. The molecule has 94 valence electrons. The molecule has 0 aliphatic heterocycles. The predicted molar refractivity (Wildman–Crippen MR) is 78.4 cm³/mol. The van der Waals surface area contributed by atoms with Crippen molar-refractivity contribution in [3.8, 4) is 0 Å². The summed E-state index contributed by atoms with van der Waals surface area (Å²) in [5, 5.41) is 0. The fourth-order valence-electron chi connectivity index (χ4n) is 1.16. The molecule has 0 amide bonds. The molecule has 0 rings (SSSR count). The topological polar surface area (TPSA) is 37.1 Å². The van der Waals surface area contributed by atoms with Crippen LogP contribution in [0, 0.1) is 5.92 Å². The van der Waals surface area contributed by atoms with Gasteiger partial charge in [0.2, 0.25) is 0 Å². The highest BCUT2D eigenvalue weighted by atomic mass is 14.8. The second-order valence-electron chi connectivity index (χ2n) is 3.88. The Kier molecular flexibility index (Phi) is 7.85. The second-order valence-corrected chi connectivity index (χ2v) is 3.88. The molecule has 0 saturated heterocycles. The Labute approximate surface area is 105 Å². The number of rotatable bonds is 6. The molecular formula is C14H23N3. The van der Waals surface area contributed by atoms with Crippen molar-refractivity contribution in [2.24, 2.45) is 20.9 Å². The average Bonchev–Trinajstić information content (AvgIpc) is 2.32. The van der Waals surface area contributed by atoms with Crippen molar-refractivity contribution >= 4 is 18.6 Å². The molecule has 3 heteroatoms. The zero-order chi connectivity index (χ0) is 13.3. The zero-order valence-electron chi connectivity index (χ0n) is 11.6. The first-order valence-corrected chi connectivity index (χ1v) is 5.91. The van der Waals surface area contributed by atoms with Crippen LogP contribution < -0.4 is 0 Å². The van der Waals surface area contributed by atoms with Crippen LogP contribution in [0.25, 0.3) is 0 Å². The number of allylic oxidation sites excluding steroid dienone is 2. The van der Waals surface area contributed by atoms with Gasteiger partial charge in [0, 0.05) is 37.0 Å². The van der Waals surface area contributed by atoms with Crippen LogP contribution in [0.1, 0.15) is 34.1 Å². The smallest absolute Gasteiger partial charge is 0.0660 e. The van der Waals surface area contributed by atoms with Crippen LogP contribution in [0.4, 0.5) is 0 Å². The summed E-state index contributed by atoms with van der Waals surface area (Å²) in [6, 6.07) is 0. The van der Waals surface area contributed by atoms with Gasteiger partial charge in [0.15, 0.2) is 0 Å². The maximum absolute atomic E-state index is 4.37. The summed E-state index contributed by atoms with van der Waals surface area (Å²) in [6.07, 6.45) is 6.50. The zero-order valence-corrected chi connectivity index (χ0v) is 11.6. The summed E-state index contributed by atoms with van der Waals surface area (Å²) >= 11 is 0. The Hall–Kier alpha value is -1.51. The van der Waals surface area contributed by atoms with E-state index in [1.165, 1.54) is 0 Å². The summed E-state index contributed by atoms with van der Waals surface area (Å²) < 4.78 is 0. The predicted octanol–water partition coefficient (Wildman–Crippen LogP) is 3.68. The van der Waals surface area contributed by atoms with E-state index in [2.05, 4.69) is 35.4 Å². The van der Waals surface area contributed by atoms with Gasteiger partial charge in [0.05, 0.1) is 5.70 Å². The fourth-order valence-corrected chi connectivity index (χ4v) is 1.16. The number of hydrogen-bond donors (Lipinski definition) is 0. The standard InChI is InChI=1S/C14H23N3/c1-7-11(3)9-17-13(5)14(10-15-6)12(4)16-8-2/h8-11H,5,7H2,1-4,6H3/b14-12+,15-10?,16-8?,17-9?. The summed E-state index contributed by atoms with van der Waals surface area (Å²) in [4.78, 5) is 12.6. The SMILES string of the molecule is C=C(N=CC(C)CC)/C(C=NC)=C(\C)N=CC. The van der Waals surface area contributed by atoms with Gasteiger partial charge in [0.25, 0.3) is 0 Å². The van der Waals surface area contributed by atoms with Gasteiger partial charge in [-0.3, -0.25) is 15.0 Å². The van der Waals surface area contributed by atoms with Crippen LogP contribution in [0.15, 0.2) is 38.5 Å². The van der Waals surface area contributed by atoms with Crippen molar-refractivity contribution in [2.45, 2.75) is 34.1 Å². The third-order valence-corrected chi connectivity index (χ3v) is 2.41. The minimum Gasteiger partial charge on any atom is -0.296 e.